The number of thioether (sulfide) groups is 1. The zero-order chi connectivity index (χ0) is 18.1. The number of fused-ring (bicyclic) bond motifs is 1. The number of rotatable bonds is 4. The maximum Gasteiger partial charge on any atom is 0.343 e. The van der Waals surface area contributed by atoms with Gasteiger partial charge in [-0.25, -0.2) is 4.79 Å². The van der Waals surface area contributed by atoms with E-state index in [9.17, 15) is 9.59 Å². The molecule has 2 unspecified atom stereocenters. The fourth-order valence-corrected chi connectivity index (χ4v) is 3.94. The van der Waals surface area contributed by atoms with Gasteiger partial charge in [0, 0.05) is 5.75 Å². The average Bonchev–Trinajstić information content (AvgIpc) is 3.31. The molecule has 7 nitrogen and oxygen atoms in total. The van der Waals surface area contributed by atoms with Crippen molar-refractivity contribution in [3.05, 3.63) is 53.6 Å². The molecule has 26 heavy (non-hydrogen) atoms. The largest absolute Gasteiger partial charge is 0.480 e. The van der Waals surface area contributed by atoms with Crippen LogP contribution in [0.1, 0.15) is 21.3 Å². The van der Waals surface area contributed by atoms with Gasteiger partial charge in [-0.05, 0) is 35.9 Å². The van der Waals surface area contributed by atoms with E-state index in [2.05, 4.69) is 5.32 Å². The summed E-state index contributed by atoms with van der Waals surface area (Å²) in [7, 11) is 0. The Morgan fingerprint density at radius 3 is 2.62 bits per heavy atom. The highest BCUT2D eigenvalue weighted by Crippen LogP contribution is 2.34. The number of esters is 1. The van der Waals surface area contributed by atoms with Gasteiger partial charge in [-0.2, -0.15) is 0 Å². The van der Waals surface area contributed by atoms with Crippen molar-refractivity contribution in [3.8, 4) is 17.2 Å². The first kappa shape index (κ1) is 16.7. The van der Waals surface area contributed by atoms with E-state index in [1.54, 1.807) is 30.3 Å². The van der Waals surface area contributed by atoms with Crippen LogP contribution in [0.3, 0.4) is 0 Å². The molecule has 0 aromatic heterocycles. The number of carboxylic acid groups (broad SMARTS) is 1. The highest BCUT2D eigenvalue weighted by molar-refractivity contribution is 7.99. The number of hydrogen-bond acceptors (Lipinski definition) is 7. The van der Waals surface area contributed by atoms with E-state index < -0.39 is 18.0 Å². The molecule has 4 rings (SSSR count). The molecule has 0 aliphatic carbocycles. The Kier molecular flexibility index (Phi) is 4.44. The van der Waals surface area contributed by atoms with Gasteiger partial charge in [0.05, 0.1) is 10.9 Å². The Morgan fingerprint density at radius 2 is 1.88 bits per heavy atom. The van der Waals surface area contributed by atoms with Gasteiger partial charge < -0.3 is 19.3 Å². The summed E-state index contributed by atoms with van der Waals surface area (Å²) in [4.78, 5) is 23.3. The second-order valence-electron chi connectivity index (χ2n) is 5.80. The molecule has 2 aromatic rings. The molecule has 2 N–H and O–H groups in total. The fraction of sp³-hybridized carbons (Fsp3) is 0.222. The SMILES string of the molecule is O=C(Oc1ccc(C2NC(C(=O)O)CS2)cc1)c1ccc2c(c1)OCO2. The molecule has 2 heterocycles. The summed E-state index contributed by atoms with van der Waals surface area (Å²) < 4.78 is 15.9. The molecular weight excluding hydrogens is 358 g/mol. The quantitative estimate of drug-likeness (QED) is 0.623. The normalized spacial score (nSPS) is 20.8. The lowest BCUT2D eigenvalue weighted by Crippen LogP contribution is -2.33. The molecule has 0 saturated carbocycles. The minimum atomic E-state index is -0.853. The number of aliphatic carboxylic acids is 1. The molecule has 0 amide bonds. The molecule has 8 heteroatoms. The van der Waals surface area contributed by atoms with Crippen molar-refractivity contribution in [3.63, 3.8) is 0 Å². The van der Waals surface area contributed by atoms with Crippen LogP contribution in [-0.2, 0) is 4.79 Å². The van der Waals surface area contributed by atoms with Crippen LogP contribution in [0.25, 0.3) is 0 Å². The third-order valence-electron chi connectivity index (χ3n) is 4.08. The maximum atomic E-state index is 12.3. The van der Waals surface area contributed by atoms with Gasteiger partial charge in [-0.15, -0.1) is 11.8 Å². The van der Waals surface area contributed by atoms with Gasteiger partial charge in [0.15, 0.2) is 11.5 Å². The van der Waals surface area contributed by atoms with E-state index in [4.69, 9.17) is 19.3 Å². The first-order chi connectivity index (χ1) is 12.6. The molecule has 2 aliphatic rings. The number of benzene rings is 2. The van der Waals surface area contributed by atoms with E-state index in [1.807, 2.05) is 12.1 Å². The van der Waals surface area contributed by atoms with Crippen LogP contribution in [0, 0.1) is 0 Å². The molecule has 2 aromatic carbocycles. The minimum Gasteiger partial charge on any atom is -0.480 e. The Hall–Kier alpha value is -2.71. The van der Waals surface area contributed by atoms with Gasteiger partial charge in [0.25, 0.3) is 0 Å². The third kappa shape index (κ3) is 3.33. The molecule has 1 saturated heterocycles. The lowest BCUT2D eigenvalue weighted by Gasteiger charge is -2.12. The van der Waals surface area contributed by atoms with Crippen LogP contribution in [0.5, 0.6) is 17.2 Å². The highest BCUT2D eigenvalue weighted by Gasteiger charge is 2.30. The molecule has 2 atom stereocenters. The topological polar surface area (TPSA) is 94.1 Å². The van der Waals surface area contributed by atoms with E-state index in [0.717, 1.165) is 5.56 Å². The first-order valence-corrected chi connectivity index (χ1v) is 8.97. The van der Waals surface area contributed by atoms with Crippen molar-refractivity contribution >= 4 is 23.7 Å². The molecule has 0 spiro atoms. The summed E-state index contributed by atoms with van der Waals surface area (Å²) >= 11 is 1.53. The molecule has 0 bridgehead atoms. The van der Waals surface area contributed by atoms with Crippen LogP contribution >= 0.6 is 11.8 Å². The van der Waals surface area contributed by atoms with E-state index in [0.29, 0.717) is 28.6 Å². The molecular formula is C18H15NO6S. The second kappa shape index (κ2) is 6.89. The summed E-state index contributed by atoms with van der Waals surface area (Å²) in [5.74, 6) is 0.707. The Morgan fingerprint density at radius 1 is 1.12 bits per heavy atom. The van der Waals surface area contributed by atoms with Crippen LogP contribution in [0.4, 0.5) is 0 Å². The van der Waals surface area contributed by atoms with Crippen molar-refractivity contribution in [2.75, 3.05) is 12.5 Å². The Bertz CT molecular complexity index is 853. The second-order valence-corrected chi connectivity index (χ2v) is 6.94. The predicted molar refractivity (Wildman–Crippen MR) is 93.7 cm³/mol. The van der Waals surface area contributed by atoms with Gasteiger partial charge in [-0.1, -0.05) is 12.1 Å². The minimum absolute atomic E-state index is 0.0882. The molecule has 0 radical (unpaired) electrons. The highest BCUT2D eigenvalue weighted by atomic mass is 32.2. The predicted octanol–water partition coefficient (Wildman–Crippen LogP) is 2.42. The smallest absolute Gasteiger partial charge is 0.343 e. The zero-order valence-electron chi connectivity index (χ0n) is 13.5. The van der Waals surface area contributed by atoms with Gasteiger partial charge in [0.2, 0.25) is 6.79 Å². The Balaban J connectivity index is 1.41. The summed E-state index contributed by atoms with van der Waals surface area (Å²) in [6.07, 6.45) is 0. The number of carbonyl (C=O) groups is 2. The Labute approximate surface area is 153 Å². The number of nitrogens with one attached hydrogen (secondary N) is 1. The lowest BCUT2D eigenvalue weighted by molar-refractivity contribution is -0.138. The fourth-order valence-electron chi connectivity index (χ4n) is 2.71. The summed E-state index contributed by atoms with van der Waals surface area (Å²) in [5, 5.41) is 12.0. The van der Waals surface area contributed by atoms with Crippen molar-refractivity contribution in [1.82, 2.24) is 5.32 Å². The van der Waals surface area contributed by atoms with Gasteiger partial charge >= 0.3 is 11.9 Å². The first-order valence-electron chi connectivity index (χ1n) is 7.92. The van der Waals surface area contributed by atoms with Crippen molar-refractivity contribution in [2.24, 2.45) is 0 Å². The van der Waals surface area contributed by atoms with Crippen molar-refractivity contribution < 1.29 is 28.9 Å². The van der Waals surface area contributed by atoms with Crippen molar-refractivity contribution in [2.45, 2.75) is 11.4 Å². The zero-order valence-corrected chi connectivity index (χ0v) is 14.3. The number of hydrogen-bond donors (Lipinski definition) is 2. The van der Waals surface area contributed by atoms with Gasteiger partial charge in [0.1, 0.15) is 11.8 Å². The van der Waals surface area contributed by atoms with Crippen LogP contribution < -0.4 is 19.5 Å². The lowest BCUT2D eigenvalue weighted by atomic mass is 10.2. The average molecular weight is 373 g/mol. The number of carboxylic acids is 1. The summed E-state index contributed by atoms with van der Waals surface area (Å²) in [5.41, 5.74) is 1.30. The van der Waals surface area contributed by atoms with Crippen molar-refractivity contribution in [1.29, 1.82) is 0 Å². The maximum absolute atomic E-state index is 12.3. The van der Waals surface area contributed by atoms with E-state index in [1.165, 1.54) is 11.8 Å². The number of ether oxygens (including phenoxy) is 3. The van der Waals surface area contributed by atoms with E-state index >= 15 is 0 Å². The molecule has 2 aliphatic heterocycles. The van der Waals surface area contributed by atoms with Gasteiger partial charge in [-0.3, -0.25) is 10.1 Å². The summed E-state index contributed by atoms with van der Waals surface area (Å²) in [6.45, 7) is 0.144. The van der Waals surface area contributed by atoms with Crippen LogP contribution in [-0.4, -0.2) is 35.6 Å². The standard InChI is InChI=1S/C18H15NO6S/c20-17(21)13-8-26-16(19-13)10-1-4-12(5-2-10)25-18(22)11-3-6-14-15(7-11)24-9-23-14/h1-7,13,16,19H,8-9H2,(H,20,21). The van der Waals surface area contributed by atoms with Crippen LogP contribution in [0.15, 0.2) is 42.5 Å². The molecule has 1 fully saturated rings. The van der Waals surface area contributed by atoms with Crippen LogP contribution in [0.2, 0.25) is 0 Å². The van der Waals surface area contributed by atoms with E-state index in [-0.39, 0.29) is 12.2 Å². The number of carbonyl (C=O) groups excluding carboxylic acids is 1. The monoisotopic (exact) mass is 373 g/mol. The molecule has 134 valence electrons. The summed E-state index contributed by atoms with van der Waals surface area (Å²) in [6, 6.07) is 11.3. The third-order valence-corrected chi connectivity index (χ3v) is 5.35.